The molecule has 0 radical (unpaired) electrons. The summed E-state index contributed by atoms with van der Waals surface area (Å²) in [6, 6.07) is 14.8. The van der Waals surface area contributed by atoms with Gasteiger partial charge in [-0.05, 0) is 30.2 Å². The molecule has 4 rings (SSSR count). The predicted molar refractivity (Wildman–Crippen MR) is 115 cm³/mol. The Morgan fingerprint density at radius 1 is 1.29 bits per heavy atom. The maximum Gasteiger partial charge on any atom is 0.419 e. The minimum atomic E-state index is -0.642. The number of hydrogen-bond acceptors (Lipinski definition) is 6. The lowest BCUT2D eigenvalue weighted by Gasteiger charge is -2.17. The third kappa shape index (κ3) is 4.53. The van der Waals surface area contributed by atoms with E-state index in [1.807, 2.05) is 36.4 Å². The van der Waals surface area contributed by atoms with Gasteiger partial charge in [-0.1, -0.05) is 36.4 Å². The van der Waals surface area contributed by atoms with Crippen LogP contribution in [0.1, 0.15) is 12.0 Å². The number of carbonyl (C=O) groups excluding carboxylic acids is 1. The minimum absolute atomic E-state index is 0.251. The Bertz CT molecular complexity index is 1160. The quantitative estimate of drug-likeness (QED) is 0.651. The van der Waals surface area contributed by atoms with Crippen LogP contribution < -0.4 is 16.4 Å². The van der Waals surface area contributed by atoms with Crippen LogP contribution in [0.15, 0.2) is 51.7 Å². The number of fused-ring (bicyclic) bond motifs is 1. The fraction of sp³-hybridized carbons (Fsp3) is 0.348. The highest BCUT2D eigenvalue weighted by Crippen LogP contribution is 2.28. The second-order valence-electron chi connectivity index (χ2n) is 7.57. The van der Waals surface area contributed by atoms with Crippen LogP contribution in [0.5, 0.6) is 0 Å². The summed E-state index contributed by atoms with van der Waals surface area (Å²) in [5.74, 6) is -0.653. The van der Waals surface area contributed by atoms with E-state index in [0.29, 0.717) is 31.6 Å². The van der Waals surface area contributed by atoms with E-state index in [-0.39, 0.29) is 5.91 Å². The van der Waals surface area contributed by atoms with Crippen molar-refractivity contribution in [1.29, 1.82) is 5.26 Å². The molecule has 1 fully saturated rings. The molecular weight excluding hydrogens is 396 g/mol. The highest BCUT2D eigenvalue weighted by atomic mass is 16.5. The number of aromatic nitrogens is 1. The first-order valence-corrected chi connectivity index (χ1v) is 10.3. The third-order valence-electron chi connectivity index (χ3n) is 5.46. The van der Waals surface area contributed by atoms with E-state index in [1.165, 1.54) is 4.57 Å². The van der Waals surface area contributed by atoms with Gasteiger partial charge >= 0.3 is 5.76 Å². The van der Waals surface area contributed by atoms with Gasteiger partial charge in [0, 0.05) is 25.6 Å². The zero-order chi connectivity index (χ0) is 21.8. The summed E-state index contributed by atoms with van der Waals surface area (Å²) < 4.78 is 12.3. The summed E-state index contributed by atoms with van der Waals surface area (Å²) in [5, 5.41) is 15.5. The van der Waals surface area contributed by atoms with Gasteiger partial charge in [0.2, 0.25) is 5.91 Å². The smallest absolute Gasteiger partial charge is 0.408 e. The number of hydrogen-bond donors (Lipinski definition) is 2. The van der Waals surface area contributed by atoms with Crippen LogP contribution in [0, 0.1) is 11.3 Å². The van der Waals surface area contributed by atoms with Gasteiger partial charge in [-0.15, -0.1) is 0 Å². The molecule has 0 bridgehead atoms. The van der Waals surface area contributed by atoms with E-state index in [2.05, 4.69) is 16.7 Å². The van der Waals surface area contributed by atoms with Gasteiger partial charge in [0.1, 0.15) is 12.1 Å². The van der Waals surface area contributed by atoms with E-state index in [9.17, 15) is 14.9 Å². The second kappa shape index (κ2) is 9.16. The highest BCUT2D eigenvalue weighted by Gasteiger charge is 2.23. The Morgan fingerprint density at radius 2 is 2.10 bits per heavy atom. The average Bonchev–Trinajstić information content (AvgIpc) is 2.96. The number of oxazole rings is 1. The van der Waals surface area contributed by atoms with Crippen molar-refractivity contribution in [3.8, 4) is 17.2 Å². The van der Waals surface area contributed by atoms with Gasteiger partial charge in [-0.25, -0.2) is 4.79 Å². The molecule has 2 atom stereocenters. The van der Waals surface area contributed by atoms with Gasteiger partial charge in [0.05, 0.1) is 18.2 Å². The molecule has 2 heterocycles. The molecule has 2 N–H and O–H groups in total. The standard InChI is InChI=1S/C23H24N4O4/c1-27-21-18(3-2-4-19(21)31-23(27)29)16-7-5-15(6-8-16)13-17(14-24)26-22(28)20-9-10-25-11-12-30-20/h2-8,17,20,25H,9-13H2,1H3,(H,26,28)/t17-,20+/m0/s1. The van der Waals surface area contributed by atoms with Gasteiger partial charge in [-0.3, -0.25) is 9.36 Å². The van der Waals surface area contributed by atoms with Gasteiger partial charge in [-0.2, -0.15) is 5.26 Å². The van der Waals surface area contributed by atoms with E-state index >= 15 is 0 Å². The van der Waals surface area contributed by atoms with Crippen molar-refractivity contribution in [3.63, 3.8) is 0 Å². The molecule has 0 unspecified atom stereocenters. The first-order chi connectivity index (χ1) is 15.1. The number of aryl methyl sites for hydroxylation is 1. The molecule has 31 heavy (non-hydrogen) atoms. The van der Waals surface area contributed by atoms with E-state index in [1.54, 1.807) is 13.1 Å². The maximum atomic E-state index is 12.5. The molecule has 160 valence electrons. The number of rotatable bonds is 5. The average molecular weight is 420 g/mol. The monoisotopic (exact) mass is 420 g/mol. The van der Waals surface area contributed by atoms with Crippen molar-refractivity contribution in [2.75, 3.05) is 19.7 Å². The second-order valence-corrected chi connectivity index (χ2v) is 7.57. The molecule has 1 aromatic heterocycles. The van der Waals surface area contributed by atoms with Crippen molar-refractivity contribution in [2.24, 2.45) is 7.05 Å². The van der Waals surface area contributed by atoms with E-state index in [4.69, 9.17) is 9.15 Å². The lowest BCUT2D eigenvalue weighted by molar-refractivity contribution is -0.132. The number of benzene rings is 2. The van der Waals surface area contributed by atoms with E-state index < -0.39 is 17.9 Å². The molecule has 1 saturated heterocycles. The number of nitrogens with one attached hydrogen (secondary N) is 2. The summed E-state index contributed by atoms with van der Waals surface area (Å²) in [7, 11) is 1.68. The fourth-order valence-electron chi connectivity index (χ4n) is 3.81. The SMILES string of the molecule is Cn1c(=O)oc2cccc(-c3ccc(C[C@@H](C#N)NC(=O)[C@H]4CCNCCO4)cc3)c21. The normalized spacial score (nSPS) is 17.6. The zero-order valence-corrected chi connectivity index (χ0v) is 17.3. The first kappa shape index (κ1) is 20.8. The van der Waals surface area contributed by atoms with Gasteiger partial charge < -0.3 is 19.8 Å². The Labute approximate surface area is 179 Å². The minimum Gasteiger partial charge on any atom is -0.408 e. The Balaban J connectivity index is 1.47. The molecule has 0 saturated carbocycles. The number of nitriles is 1. The summed E-state index contributed by atoms with van der Waals surface area (Å²) in [6.45, 7) is 1.91. The van der Waals surface area contributed by atoms with Crippen LogP contribution >= 0.6 is 0 Å². The fourth-order valence-corrected chi connectivity index (χ4v) is 3.81. The van der Waals surface area contributed by atoms with Crippen LogP contribution in [0.2, 0.25) is 0 Å². The Kier molecular flexibility index (Phi) is 6.16. The predicted octanol–water partition coefficient (Wildman–Crippen LogP) is 1.73. The van der Waals surface area contributed by atoms with Crippen molar-refractivity contribution in [2.45, 2.75) is 25.0 Å². The molecule has 8 nitrogen and oxygen atoms in total. The van der Waals surface area contributed by atoms with Crippen molar-refractivity contribution in [1.82, 2.24) is 15.2 Å². The molecule has 8 heteroatoms. The van der Waals surface area contributed by atoms with Crippen molar-refractivity contribution >= 4 is 17.0 Å². The Hall–Kier alpha value is -3.41. The summed E-state index contributed by atoms with van der Waals surface area (Å²) >= 11 is 0. The molecule has 3 aromatic rings. The summed E-state index contributed by atoms with van der Waals surface area (Å²) in [4.78, 5) is 24.3. The van der Waals surface area contributed by atoms with Crippen LogP contribution in [0.25, 0.3) is 22.2 Å². The Morgan fingerprint density at radius 3 is 2.87 bits per heavy atom. The van der Waals surface area contributed by atoms with Crippen LogP contribution in [-0.2, 0) is 23.0 Å². The topological polar surface area (TPSA) is 109 Å². The van der Waals surface area contributed by atoms with Crippen LogP contribution in [0.3, 0.4) is 0 Å². The summed E-state index contributed by atoms with van der Waals surface area (Å²) in [5.41, 5.74) is 4.02. The lowest BCUT2D eigenvalue weighted by atomic mass is 10.00. The van der Waals surface area contributed by atoms with Gasteiger partial charge in [0.25, 0.3) is 0 Å². The van der Waals surface area contributed by atoms with Crippen molar-refractivity contribution < 1.29 is 13.9 Å². The maximum absolute atomic E-state index is 12.5. The number of ether oxygens (including phenoxy) is 1. The zero-order valence-electron chi connectivity index (χ0n) is 17.3. The number of carbonyl (C=O) groups is 1. The highest BCUT2D eigenvalue weighted by molar-refractivity contribution is 5.91. The van der Waals surface area contributed by atoms with E-state index in [0.717, 1.165) is 28.8 Å². The third-order valence-corrected chi connectivity index (χ3v) is 5.46. The first-order valence-electron chi connectivity index (χ1n) is 10.3. The molecule has 0 spiro atoms. The van der Waals surface area contributed by atoms with Crippen LogP contribution in [-0.4, -0.2) is 42.3 Å². The molecule has 1 aliphatic heterocycles. The largest absolute Gasteiger partial charge is 0.419 e. The molecule has 1 amide bonds. The number of nitrogens with zero attached hydrogens (tertiary/aromatic N) is 2. The summed E-state index contributed by atoms with van der Waals surface area (Å²) in [6.07, 6.45) is 0.443. The number of amides is 1. The molecule has 0 aliphatic carbocycles. The van der Waals surface area contributed by atoms with Crippen LogP contribution in [0.4, 0.5) is 0 Å². The molecule has 1 aliphatic rings. The van der Waals surface area contributed by atoms with Crippen molar-refractivity contribution in [3.05, 3.63) is 58.6 Å². The lowest BCUT2D eigenvalue weighted by Crippen LogP contribution is -2.43. The molecule has 2 aromatic carbocycles. The van der Waals surface area contributed by atoms with Gasteiger partial charge in [0.15, 0.2) is 5.58 Å². The number of para-hydroxylation sites is 1. The molecular formula is C23H24N4O4.